The van der Waals surface area contributed by atoms with Gasteiger partial charge in [-0.3, -0.25) is 4.40 Å². The van der Waals surface area contributed by atoms with E-state index in [1.54, 1.807) is 6.20 Å². The molecule has 3 nitrogen and oxygen atoms in total. The normalized spacial score (nSPS) is 10.8. The maximum absolute atomic E-state index is 4.53. The quantitative estimate of drug-likeness (QED) is 0.645. The topological polar surface area (TPSA) is 30.2 Å². The molecule has 3 rings (SSSR count). The summed E-state index contributed by atoms with van der Waals surface area (Å²) >= 11 is 2.30. The lowest BCUT2D eigenvalue weighted by Gasteiger charge is -1.96. The first kappa shape index (κ1) is 9.77. The van der Waals surface area contributed by atoms with Gasteiger partial charge in [0.15, 0.2) is 0 Å². The van der Waals surface area contributed by atoms with Crippen molar-refractivity contribution in [3.05, 3.63) is 52.5 Å². The lowest BCUT2D eigenvalue weighted by Crippen LogP contribution is -1.87. The molecule has 0 aliphatic rings. The van der Waals surface area contributed by atoms with Crippen LogP contribution in [0.3, 0.4) is 0 Å². The van der Waals surface area contributed by atoms with Gasteiger partial charge in [-0.2, -0.15) is 0 Å². The summed E-state index contributed by atoms with van der Waals surface area (Å²) in [5.41, 5.74) is 2.11. The Balaban J connectivity index is 2.29. The molecule has 0 bridgehead atoms. The van der Waals surface area contributed by atoms with Crippen molar-refractivity contribution in [3.63, 3.8) is 0 Å². The van der Waals surface area contributed by atoms with Gasteiger partial charge in [0.05, 0.1) is 0 Å². The van der Waals surface area contributed by atoms with Crippen molar-refractivity contribution in [2.75, 3.05) is 0 Å². The van der Waals surface area contributed by atoms with E-state index < -0.39 is 0 Å². The minimum Gasteiger partial charge on any atom is -0.278 e. The SMILES string of the molecule is Ic1c(-c2ccccc2)nc2ncccn12. The number of halogens is 1. The molecule has 0 fully saturated rings. The van der Waals surface area contributed by atoms with Gasteiger partial charge >= 0.3 is 0 Å². The number of aromatic nitrogens is 3. The summed E-state index contributed by atoms with van der Waals surface area (Å²) in [6.45, 7) is 0. The summed E-state index contributed by atoms with van der Waals surface area (Å²) in [5.74, 6) is 0.741. The average molecular weight is 321 g/mol. The Bertz CT molecular complexity index is 631. The third-order valence-corrected chi connectivity index (χ3v) is 3.42. The second-order valence-electron chi connectivity index (χ2n) is 3.41. The molecule has 3 aromatic rings. The first-order chi connectivity index (χ1) is 7.86. The minimum atomic E-state index is 0.741. The summed E-state index contributed by atoms with van der Waals surface area (Å²) in [4.78, 5) is 8.76. The molecule has 0 saturated heterocycles. The molecule has 78 valence electrons. The zero-order chi connectivity index (χ0) is 11.0. The Morgan fingerprint density at radius 2 is 1.88 bits per heavy atom. The smallest absolute Gasteiger partial charge is 0.235 e. The predicted molar refractivity (Wildman–Crippen MR) is 71.1 cm³/mol. The monoisotopic (exact) mass is 321 g/mol. The van der Waals surface area contributed by atoms with Crippen molar-refractivity contribution >= 4 is 28.4 Å². The zero-order valence-corrected chi connectivity index (χ0v) is 10.5. The summed E-state index contributed by atoms with van der Waals surface area (Å²) in [5, 5.41) is 0. The summed E-state index contributed by atoms with van der Waals surface area (Å²) in [7, 11) is 0. The Hall–Kier alpha value is -1.43. The highest BCUT2D eigenvalue weighted by atomic mass is 127. The van der Waals surface area contributed by atoms with E-state index in [1.807, 2.05) is 34.9 Å². The van der Waals surface area contributed by atoms with E-state index in [0.29, 0.717) is 0 Å². The van der Waals surface area contributed by atoms with Gasteiger partial charge in [0.25, 0.3) is 0 Å². The van der Waals surface area contributed by atoms with Gasteiger partial charge in [0.1, 0.15) is 9.39 Å². The average Bonchev–Trinajstić information content (AvgIpc) is 2.69. The third-order valence-electron chi connectivity index (χ3n) is 2.39. The van der Waals surface area contributed by atoms with Crippen molar-refractivity contribution in [2.45, 2.75) is 0 Å². The lowest BCUT2D eigenvalue weighted by molar-refractivity contribution is 1.09. The molecule has 2 aromatic heterocycles. The van der Waals surface area contributed by atoms with Crippen LogP contribution in [0.15, 0.2) is 48.8 Å². The zero-order valence-electron chi connectivity index (χ0n) is 8.34. The van der Waals surface area contributed by atoms with Crippen LogP contribution in [0.5, 0.6) is 0 Å². The van der Waals surface area contributed by atoms with E-state index in [1.165, 1.54) is 0 Å². The van der Waals surface area contributed by atoms with Gasteiger partial charge < -0.3 is 0 Å². The van der Waals surface area contributed by atoms with Crippen LogP contribution in [0.1, 0.15) is 0 Å². The van der Waals surface area contributed by atoms with Gasteiger partial charge in [-0.25, -0.2) is 9.97 Å². The first-order valence-electron chi connectivity index (χ1n) is 4.90. The number of nitrogens with zero attached hydrogens (tertiary/aromatic N) is 3. The largest absolute Gasteiger partial charge is 0.278 e. The molecule has 0 N–H and O–H groups in total. The Morgan fingerprint density at radius 3 is 2.62 bits per heavy atom. The van der Waals surface area contributed by atoms with Gasteiger partial charge in [0.2, 0.25) is 5.78 Å². The fourth-order valence-corrected chi connectivity index (χ4v) is 2.45. The number of benzene rings is 1. The van der Waals surface area contributed by atoms with Crippen molar-refractivity contribution in [1.29, 1.82) is 0 Å². The second kappa shape index (κ2) is 3.86. The molecule has 0 saturated carbocycles. The van der Waals surface area contributed by atoms with Crippen molar-refractivity contribution in [3.8, 4) is 11.3 Å². The van der Waals surface area contributed by atoms with Crippen LogP contribution < -0.4 is 0 Å². The first-order valence-corrected chi connectivity index (χ1v) is 5.98. The van der Waals surface area contributed by atoms with E-state index in [0.717, 1.165) is 20.7 Å². The molecule has 0 amide bonds. The molecule has 0 aliphatic heterocycles. The van der Waals surface area contributed by atoms with Gasteiger partial charge in [0, 0.05) is 18.0 Å². The minimum absolute atomic E-state index is 0.741. The number of rotatable bonds is 1. The summed E-state index contributed by atoms with van der Waals surface area (Å²) in [6.07, 6.45) is 3.73. The molecular formula is C12H8IN3. The third kappa shape index (κ3) is 1.49. The molecule has 1 aromatic carbocycles. The number of hydrogen-bond donors (Lipinski definition) is 0. The lowest BCUT2D eigenvalue weighted by atomic mass is 10.2. The van der Waals surface area contributed by atoms with E-state index in [9.17, 15) is 0 Å². The van der Waals surface area contributed by atoms with Crippen molar-refractivity contribution < 1.29 is 0 Å². The Kier molecular flexibility index (Phi) is 2.36. The fourth-order valence-electron chi connectivity index (χ4n) is 1.64. The van der Waals surface area contributed by atoms with Gasteiger partial charge in [-0.05, 0) is 28.7 Å². The highest BCUT2D eigenvalue weighted by molar-refractivity contribution is 14.1. The highest BCUT2D eigenvalue weighted by Crippen LogP contribution is 2.24. The predicted octanol–water partition coefficient (Wildman–Crippen LogP) is 3.00. The van der Waals surface area contributed by atoms with E-state index in [4.69, 9.17) is 0 Å². The molecule has 2 heterocycles. The summed E-state index contributed by atoms with van der Waals surface area (Å²) < 4.78 is 3.08. The second-order valence-corrected chi connectivity index (χ2v) is 4.43. The molecule has 0 radical (unpaired) electrons. The molecule has 4 heteroatoms. The van der Waals surface area contributed by atoms with Crippen molar-refractivity contribution in [2.24, 2.45) is 0 Å². The van der Waals surface area contributed by atoms with E-state index in [2.05, 4.69) is 44.7 Å². The molecule has 0 spiro atoms. The fraction of sp³-hybridized carbons (Fsp3) is 0. The highest BCUT2D eigenvalue weighted by Gasteiger charge is 2.10. The van der Waals surface area contributed by atoms with Crippen LogP contribution in [0, 0.1) is 3.70 Å². The van der Waals surface area contributed by atoms with Crippen LogP contribution in [0.25, 0.3) is 17.0 Å². The van der Waals surface area contributed by atoms with Gasteiger partial charge in [-0.1, -0.05) is 30.3 Å². The van der Waals surface area contributed by atoms with Gasteiger partial charge in [-0.15, -0.1) is 0 Å². The maximum Gasteiger partial charge on any atom is 0.235 e. The van der Waals surface area contributed by atoms with Crippen molar-refractivity contribution in [1.82, 2.24) is 14.4 Å². The number of hydrogen-bond acceptors (Lipinski definition) is 2. The Morgan fingerprint density at radius 1 is 1.06 bits per heavy atom. The van der Waals surface area contributed by atoms with Crippen LogP contribution in [0.2, 0.25) is 0 Å². The molecule has 0 aliphatic carbocycles. The Labute approximate surface area is 106 Å². The molecule has 0 atom stereocenters. The van der Waals surface area contributed by atoms with Crippen LogP contribution >= 0.6 is 22.6 Å². The molecular weight excluding hydrogens is 313 g/mol. The number of imidazole rings is 1. The van der Waals surface area contributed by atoms with E-state index in [-0.39, 0.29) is 0 Å². The van der Waals surface area contributed by atoms with Crippen LogP contribution in [-0.4, -0.2) is 14.4 Å². The summed E-state index contributed by atoms with van der Waals surface area (Å²) in [6, 6.07) is 12.1. The number of fused-ring (bicyclic) bond motifs is 1. The molecule has 16 heavy (non-hydrogen) atoms. The van der Waals surface area contributed by atoms with E-state index >= 15 is 0 Å². The maximum atomic E-state index is 4.53. The standard InChI is InChI=1S/C12H8IN3/c13-11-10(9-5-2-1-3-6-9)15-12-14-7-4-8-16(11)12/h1-8H. The van der Waals surface area contributed by atoms with Crippen LogP contribution in [0.4, 0.5) is 0 Å². The molecule has 0 unspecified atom stereocenters. The van der Waals surface area contributed by atoms with Crippen LogP contribution in [-0.2, 0) is 0 Å².